The standard InChI is InChI=1S/C17H22N2O3S/c1-19(2)15-10-8-14(9-11-15)12-13-18-23(20,21)17-7-5-4-6-16(17)22-3/h4-11,18H,12-13H2,1-3H3. The number of hydrogen-bond acceptors (Lipinski definition) is 4. The molecule has 0 saturated heterocycles. The molecule has 2 aromatic carbocycles. The van der Waals surface area contributed by atoms with Gasteiger partial charge in [0.25, 0.3) is 0 Å². The third kappa shape index (κ3) is 4.46. The van der Waals surface area contributed by atoms with Crippen LogP contribution in [-0.2, 0) is 16.4 Å². The SMILES string of the molecule is COc1ccccc1S(=O)(=O)NCCc1ccc(N(C)C)cc1. The van der Waals surface area contributed by atoms with Gasteiger partial charge in [-0.25, -0.2) is 13.1 Å². The second kappa shape index (κ2) is 7.48. The zero-order valence-electron chi connectivity index (χ0n) is 13.6. The summed E-state index contributed by atoms with van der Waals surface area (Å²) in [6, 6.07) is 14.6. The lowest BCUT2D eigenvalue weighted by Crippen LogP contribution is -2.26. The first-order chi connectivity index (χ1) is 10.9. The number of rotatable bonds is 7. The Balaban J connectivity index is 2.00. The molecule has 0 unspecified atom stereocenters. The number of benzene rings is 2. The van der Waals surface area contributed by atoms with Gasteiger partial charge in [-0.05, 0) is 36.2 Å². The molecule has 2 aromatic rings. The minimum atomic E-state index is -3.58. The second-order valence-electron chi connectivity index (χ2n) is 5.36. The van der Waals surface area contributed by atoms with Crippen molar-refractivity contribution in [3.05, 3.63) is 54.1 Å². The van der Waals surface area contributed by atoms with E-state index in [2.05, 4.69) is 4.72 Å². The maximum atomic E-state index is 12.3. The molecular weight excluding hydrogens is 312 g/mol. The Hall–Kier alpha value is -2.05. The average molecular weight is 334 g/mol. The summed E-state index contributed by atoms with van der Waals surface area (Å²) in [4.78, 5) is 2.18. The lowest BCUT2D eigenvalue weighted by molar-refractivity contribution is 0.402. The van der Waals surface area contributed by atoms with Crippen LogP contribution in [0.4, 0.5) is 5.69 Å². The molecule has 0 spiro atoms. The third-order valence-corrected chi connectivity index (χ3v) is 5.02. The second-order valence-corrected chi connectivity index (χ2v) is 7.09. The van der Waals surface area contributed by atoms with E-state index in [9.17, 15) is 8.42 Å². The van der Waals surface area contributed by atoms with E-state index < -0.39 is 10.0 Å². The van der Waals surface area contributed by atoms with E-state index in [-0.39, 0.29) is 4.90 Å². The molecule has 6 heteroatoms. The molecule has 0 aliphatic carbocycles. The Kier molecular flexibility index (Phi) is 5.63. The number of ether oxygens (including phenoxy) is 1. The van der Waals surface area contributed by atoms with Gasteiger partial charge >= 0.3 is 0 Å². The lowest BCUT2D eigenvalue weighted by Gasteiger charge is -2.13. The molecule has 0 bridgehead atoms. The van der Waals surface area contributed by atoms with Crippen molar-refractivity contribution in [1.29, 1.82) is 0 Å². The minimum Gasteiger partial charge on any atom is -0.495 e. The van der Waals surface area contributed by atoms with Crippen LogP contribution in [0.25, 0.3) is 0 Å². The summed E-state index contributed by atoms with van der Waals surface area (Å²) in [5, 5.41) is 0. The normalized spacial score (nSPS) is 11.3. The zero-order valence-corrected chi connectivity index (χ0v) is 14.4. The topological polar surface area (TPSA) is 58.6 Å². The van der Waals surface area contributed by atoms with Crippen LogP contribution in [0.15, 0.2) is 53.4 Å². The van der Waals surface area contributed by atoms with Crippen LogP contribution in [0.2, 0.25) is 0 Å². The molecule has 0 radical (unpaired) electrons. The minimum absolute atomic E-state index is 0.158. The Morgan fingerprint density at radius 1 is 1.04 bits per heavy atom. The maximum absolute atomic E-state index is 12.3. The highest BCUT2D eigenvalue weighted by molar-refractivity contribution is 7.89. The number of para-hydroxylation sites is 1. The quantitative estimate of drug-likeness (QED) is 0.844. The van der Waals surface area contributed by atoms with E-state index in [1.54, 1.807) is 18.2 Å². The lowest BCUT2D eigenvalue weighted by atomic mass is 10.1. The summed E-state index contributed by atoms with van der Waals surface area (Å²) in [5.41, 5.74) is 2.20. The largest absolute Gasteiger partial charge is 0.495 e. The fraction of sp³-hybridized carbons (Fsp3) is 0.294. The molecule has 0 heterocycles. The van der Waals surface area contributed by atoms with E-state index in [1.165, 1.54) is 13.2 Å². The van der Waals surface area contributed by atoms with Crippen molar-refractivity contribution in [3.63, 3.8) is 0 Å². The molecular formula is C17H22N2O3S. The summed E-state index contributed by atoms with van der Waals surface area (Å²) in [7, 11) is 1.85. The first-order valence-corrected chi connectivity index (χ1v) is 8.81. The van der Waals surface area contributed by atoms with Crippen molar-refractivity contribution in [2.75, 3.05) is 32.6 Å². The number of anilines is 1. The first kappa shape index (κ1) is 17.3. The Morgan fingerprint density at radius 2 is 1.70 bits per heavy atom. The molecule has 0 aliphatic rings. The molecule has 0 saturated carbocycles. The molecule has 0 aromatic heterocycles. The summed E-state index contributed by atoms with van der Waals surface area (Å²) in [6.07, 6.45) is 0.627. The van der Waals surface area contributed by atoms with Crippen LogP contribution in [0.3, 0.4) is 0 Å². The number of nitrogens with one attached hydrogen (secondary N) is 1. The molecule has 0 amide bonds. The summed E-state index contributed by atoms with van der Waals surface area (Å²) >= 11 is 0. The van der Waals surface area contributed by atoms with Crippen LogP contribution in [0, 0.1) is 0 Å². The maximum Gasteiger partial charge on any atom is 0.244 e. The Morgan fingerprint density at radius 3 is 2.30 bits per heavy atom. The van der Waals surface area contributed by atoms with Gasteiger partial charge in [0.05, 0.1) is 7.11 Å². The molecule has 0 atom stereocenters. The van der Waals surface area contributed by atoms with E-state index >= 15 is 0 Å². The van der Waals surface area contributed by atoms with Crippen LogP contribution >= 0.6 is 0 Å². The van der Waals surface area contributed by atoms with Crippen LogP contribution in [0.1, 0.15) is 5.56 Å². The first-order valence-electron chi connectivity index (χ1n) is 7.33. The highest BCUT2D eigenvalue weighted by Crippen LogP contribution is 2.22. The smallest absolute Gasteiger partial charge is 0.244 e. The molecule has 1 N–H and O–H groups in total. The van der Waals surface area contributed by atoms with E-state index in [0.717, 1.165) is 11.3 Å². The Bertz CT molecular complexity index is 741. The van der Waals surface area contributed by atoms with Crippen LogP contribution < -0.4 is 14.4 Å². The fourth-order valence-electron chi connectivity index (χ4n) is 2.21. The van der Waals surface area contributed by atoms with Crippen LogP contribution in [0.5, 0.6) is 5.75 Å². The molecule has 5 nitrogen and oxygen atoms in total. The molecule has 0 aliphatic heterocycles. The number of sulfonamides is 1. The van der Waals surface area contributed by atoms with E-state index in [0.29, 0.717) is 18.7 Å². The van der Waals surface area contributed by atoms with Crippen molar-refractivity contribution in [3.8, 4) is 5.75 Å². The van der Waals surface area contributed by atoms with Crippen molar-refractivity contribution < 1.29 is 13.2 Å². The molecule has 2 rings (SSSR count). The highest BCUT2D eigenvalue weighted by atomic mass is 32.2. The Labute approximate surface area is 137 Å². The van der Waals surface area contributed by atoms with Gasteiger partial charge in [0.1, 0.15) is 10.6 Å². The van der Waals surface area contributed by atoms with Gasteiger partial charge in [-0.3, -0.25) is 0 Å². The molecule has 23 heavy (non-hydrogen) atoms. The van der Waals surface area contributed by atoms with Crippen molar-refractivity contribution in [2.45, 2.75) is 11.3 Å². The molecule has 0 fully saturated rings. The summed E-state index contributed by atoms with van der Waals surface area (Å²) < 4.78 is 32.4. The zero-order chi connectivity index (χ0) is 16.9. The number of methoxy groups -OCH3 is 1. The van der Waals surface area contributed by atoms with Crippen molar-refractivity contribution >= 4 is 15.7 Å². The van der Waals surface area contributed by atoms with Gasteiger partial charge in [0, 0.05) is 26.3 Å². The van der Waals surface area contributed by atoms with Gasteiger partial charge in [-0.1, -0.05) is 24.3 Å². The van der Waals surface area contributed by atoms with Gasteiger partial charge < -0.3 is 9.64 Å². The fourth-order valence-corrected chi connectivity index (χ4v) is 3.41. The van der Waals surface area contributed by atoms with Gasteiger partial charge in [-0.15, -0.1) is 0 Å². The van der Waals surface area contributed by atoms with Gasteiger partial charge in [0.15, 0.2) is 0 Å². The number of hydrogen-bond donors (Lipinski definition) is 1. The molecule has 124 valence electrons. The predicted molar refractivity (Wildman–Crippen MR) is 92.7 cm³/mol. The average Bonchev–Trinajstić information content (AvgIpc) is 2.55. The highest BCUT2D eigenvalue weighted by Gasteiger charge is 2.18. The van der Waals surface area contributed by atoms with Crippen molar-refractivity contribution in [1.82, 2.24) is 4.72 Å². The van der Waals surface area contributed by atoms with Crippen molar-refractivity contribution in [2.24, 2.45) is 0 Å². The predicted octanol–water partition coefficient (Wildman–Crippen LogP) is 2.28. The van der Waals surface area contributed by atoms with Gasteiger partial charge in [-0.2, -0.15) is 0 Å². The van der Waals surface area contributed by atoms with Gasteiger partial charge in [0.2, 0.25) is 10.0 Å². The monoisotopic (exact) mass is 334 g/mol. The summed E-state index contributed by atoms with van der Waals surface area (Å²) in [6.45, 7) is 0.335. The summed E-state index contributed by atoms with van der Waals surface area (Å²) in [5.74, 6) is 0.343. The third-order valence-electron chi connectivity index (χ3n) is 3.52. The van der Waals surface area contributed by atoms with E-state index in [4.69, 9.17) is 4.74 Å². The van der Waals surface area contributed by atoms with E-state index in [1.807, 2.05) is 43.3 Å². The number of nitrogens with zero attached hydrogens (tertiary/aromatic N) is 1. The van der Waals surface area contributed by atoms with Crippen LogP contribution in [-0.4, -0.2) is 36.2 Å².